The molecule has 5 rings (SSSR count). The fourth-order valence-corrected chi connectivity index (χ4v) is 7.74. The number of nitrogen functional groups attached to an aromatic ring is 1. The minimum atomic E-state index is -5.70. The van der Waals surface area contributed by atoms with Crippen LogP contribution in [-0.2, 0) is 68.9 Å². The van der Waals surface area contributed by atoms with Gasteiger partial charge in [0.25, 0.3) is 5.56 Å². The van der Waals surface area contributed by atoms with Crippen LogP contribution in [0.15, 0.2) is 17.3 Å². The zero-order chi connectivity index (χ0) is 42.9. The van der Waals surface area contributed by atoms with Crippen LogP contribution in [0.2, 0.25) is 0 Å². The number of imidazole rings is 1. The number of H-pyrrole nitrogens is 1. The number of aliphatic hydroxyl groups is 5. The van der Waals surface area contributed by atoms with Crippen molar-refractivity contribution in [2.45, 2.75) is 81.7 Å². The van der Waals surface area contributed by atoms with Gasteiger partial charge in [0.2, 0.25) is 5.95 Å². The Morgan fingerprint density at radius 2 is 1.53 bits per heavy atom. The molecule has 0 amide bonds. The highest BCUT2D eigenvalue weighted by Crippen LogP contribution is 2.61. The predicted octanol–water partition coefficient (Wildman–Crippen LogP) is -3.78. The van der Waals surface area contributed by atoms with Crippen molar-refractivity contribution in [3.05, 3.63) is 28.6 Å². The Hall–Kier alpha value is -3.22. The highest BCUT2D eigenvalue weighted by atomic mass is 31.3. The van der Waals surface area contributed by atoms with Crippen molar-refractivity contribution >= 4 is 38.5 Å². The van der Waals surface area contributed by atoms with Crippen molar-refractivity contribution in [3.63, 3.8) is 0 Å². The molecule has 0 aliphatic carbocycles. The van der Waals surface area contributed by atoms with Crippen LogP contribution in [0.4, 0.5) is 5.95 Å². The molecule has 0 bridgehead atoms. The Morgan fingerprint density at radius 3 is 2.20 bits per heavy atom. The zero-order valence-corrected chi connectivity index (χ0v) is 33.0. The number of ketones is 1. The lowest BCUT2D eigenvalue weighted by atomic mass is 9.99. The first-order valence-corrected chi connectivity index (χ1v) is 20.8. The molecule has 3 aromatic heterocycles. The summed E-state index contributed by atoms with van der Waals surface area (Å²) in [5.41, 5.74) is 4.92. The Morgan fingerprint density at radius 1 is 0.881 bits per heavy atom. The van der Waals surface area contributed by atoms with Gasteiger partial charge in [-0.1, -0.05) is 5.21 Å². The Balaban J connectivity index is 1.04. The lowest BCUT2D eigenvalue weighted by Crippen LogP contribution is -2.58. The maximum Gasteiger partial charge on any atom is 0.483 e. The second-order valence-corrected chi connectivity index (χ2v) is 16.0. The zero-order valence-electron chi connectivity index (χ0n) is 31.2. The van der Waals surface area contributed by atoms with Crippen LogP contribution in [0, 0.1) is 0 Å². The fourth-order valence-electron chi connectivity index (χ4n) is 5.58. The van der Waals surface area contributed by atoms with E-state index in [1.807, 2.05) is 0 Å². The summed E-state index contributed by atoms with van der Waals surface area (Å²) < 4.78 is 73.9. The highest BCUT2D eigenvalue weighted by molar-refractivity contribution is 7.61. The molecule has 0 spiro atoms. The number of carbonyl (C=O) groups is 1. The number of fused-ring (bicyclic) bond motifs is 1. The Bertz CT molecular complexity index is 1990. The number of aliphatic hydroxyl groups excluding tert-OH is 5. The number of hydrogen-bond donors (Lipinski definition) is 9. The topological polar surface area (TPSA) is 396 Å². The lowest BCUT2D eigenvalue weighted by Gasteiger charge is -2.40. The largest absolute Gasteiger partial charge is 0.483 e. The molecule has 332 valence electrons. The Labute approximate surface area is 332 Å². The summed E-state index contributed by atoms with van der Waals surface area (Å²) in [7, 11) is -11.3. The number of carbonyl (C=O) groups excluding carboxylic acids is 1. The van der Waals surface area contributed by atoms with Gasteiger partial charge in [-0.15, -0.1) is 5.10 Å². The van der Waals surface area contributed by atoms with E-state index in [1.165, 1.54) is 17.8 Å². The highest BCUT2D eigenvalue weighted by Gasteiger charge is 2.50. The summed E-state index contributed by atoms with van der Waals surface area (Å²) in [5.74, 6) is -0.235. The van der Waals surface area contributed by atoms with Crippen molar-refractivity contribution in [3.8, 4) is 0 Å². The molecule has 0 aromatic carbocycles. The summed E-state index contributed by atoms with van der Waals surface area (Å²) in [6.45, 7) is 2.31. The molecule has 11 atom stereocenters. The number of hydrogen-bond acceptors (Lipinski definition) is 23. The third-order valence-corrected chi connectivity index (χ3v) is 11.1. The van der Waals surface area contributed by atoms with Crippen LogP contribution in [-0.4, -0.2) is 177 Å². The molecular weight excluding hydrogens is 842 g/mol. The molecule has 3 aromatic rings. The van der Waals surface area contributed by atoms with E-state index in [4.69, 9.17) is 43.2 Å². The molecule has 2 aliphatic heterocycles. The average Bonchev–Trinajstić information content (AvgIpc) is 3.87. The molecule has 7 unspecified atom stereocenters. The molecule has 2 aliphatic rings. The second-order valence-electron chi connectivity index (χ2n) is 13.0. The van der Waals surface area contributed by atoms with Gasteiger partial charge in [-0.3, -0.25) is 28.2 Å². The van der Waals surface area contributed by atoms with Gasteiger partial charge in [0.05, 0.1) is 78.5 Å². The fraction of sp³-hybridized carbons (Fsp3) is 0.724. The van der Waals surface area contributed by atoms with Crippen LogP contribution in [0.5, 0.6) is 0 Å². The molecule has 2 fully saturated rings. The number of nitrogens with two attached hydrogens (primary N) is 1. The number of rotatable bonds is 24. The average molecular weight is 889 g/mol. The number of phosphoric acid groups is 2. The van der Waals surface area contributed by atoms with Gasteiger partial charge < -0.3 is 69.5 Å². The van der Waals surface area contributed by atoms with Crippen molar-refractivity contribution < 1.29 is 91.0 Å². The van der Waals surface area contributed by atoms with Gasteiger partial charge in [0.15, 0.2) is 23.7 Å². The number of phosphoric ester groups is 2. The van der Waals surface area contributed by atoms with Gasteiger partial charge in [-0.2, -0.15) is 9.29 Å². The maximum absolute atomic E-state index is 12.8. The molecular formula is C29H46N8O20P2. The van der Waals surface area contributed by atoms with E-state index in [0.29, 0.717) is 45.1 Å². The number of nitrogens with zero attached hydrogens (tertiary/aromatic N) is 6. The van der Waals surface area contributed by atoms with E-state index in [-0.39, 0.29) is 49.3 Å². The first-order chi connectivity index (χ1) is 27.9. The lowest BCUT2D eigenvalue weighted by molar-refractivity contribution is -0.278. The first kappa shape index (κ1) is 46.8. The number of nitrogens with one attached hydrogen (secondary N) is 1. The molecule has 59 heavy (non-hydrogen) atoms. The van der Waals surface area contributed by atoms with Crippen LogP contribution >= 0.6 is 15.6 Å². The normalized spacial score (nSPS) is 28.2. The summed E-state index contributed by atoms with van der Waals surface area (Å²) in [5, 5.41) is 60.3. The monoisotopic (exact) mass is 888 g/mol. The van der Waals surface area contributed by atoms with Gasteiger partial charge in [-0.25, -0.2) is 18.8 Å². The standard InChI is InChI=1S/C29H46N8O20P2/c1-15(38)2-3-49-4-5-50-6-7-51-8-9-52-12-16-10-36(35-34-16)11-17-20(39)22(41)24(43)28(55-17)56-59(47,48)57-58(45,46)53-13-18-21(40)23(42)27(54-18)37-14-31-19-25(37)32-29(30)33-26(19)44/h10,14,17-18,20-24,27-28,39-43H,2-9,11-13H2,1H3,(H,45,46)(H,47,48)(H3,30,32,33,44)/t17?,18-,20-,21?,22?,23?,24?,27-,28-/m1/s1. The van der Waals surface area contributed by atoms with E-state index in [9.17, 15) is 54.0 Å². The van der Waals surface area contributed by atoms with Crippen LogP contribution in [0.3, 0.4) is 0 Å². The summed E-state index contributed by atoms with van der Waals surface area (Å²) >= 11 is 0. The minimum absolute atomic E-state index is 0.0109. The molecule has 0 radical (unpaired) electrons. The number of anilines is 1. The third-order valence-electron chi connectivity index (χ3n) is 8.49. The van der Waals surface area contributed by atoms with Crippen LogP contribution < -0.4 is 11.3 Å². The molecule has 28 nitrogen and oxygen atoms in total. The van der Waals surface area contributed by atoms with E-state index in [2.05, 4.69) is 29.6 Å². The first-order valence-electron chi connectivity index (χ1n) is 17.8. The molecule has 5 heterocycles. The van der Waals surface area contributed by atoms with Gasteiger partial charge >= 0.3 is 15.6 Å². The molecule has 30 heteroatoms. The second kappa shape index (κ2) is 21.0. The van der Waals surface area contributed by atoms with Crippen LogP contribution in [0.1, 0.15) is 25.3 Å². The number of aromatic amines is 1. The number of aromatic nitrogens is 7. The van der Waals surface area contributed by atoms with Crippen molar-refractivity contribution in [2.75, 3.05) is 58.6 Å². The number of Topliss-reactive ketones (excluding diaryl/α,β-unsaturated/α-hetero) is 1. The molecule has 2 saturated heterocycles. The quantitative estimate of drug-likeness (QED) is 0.0308. The smallest absolute Gasteiger partial charge is 0.388 e. The minimum Gasteiger partial charge on any atom is -0.388 e. The van der Waals surface area contributed by atoms with E-state index in [0.717, 1.165) is 10.9 Å². The number of ether oxygens (including phenoxy) is 6. The summed E-state index contributed by atoms with van der Waals surface area (Å²) in [6.07, 6.45) is -13.3. The molecule has 0 saturated carbocycles. The van der Waals surface area contributed by atoms with E-state index < -0.39 is 83.1 Å². The van der Waals surface area contributed by atoms with Crippen LogP contribution in [0.25, 0.3) is 11.2 Å². The van der Waals surface area contributed by atoms with E-state index >= 15 is 0 Å². The van der Waals surface area contributed by atoms with Gasteiger partial charge in [0, 0.05) is 6.42 Å². The predicted molar refractivity (Wildman–Crippen MR) is 190 cm³/mol. The SMILES string of the molecule is CC(=O)CCOCCOCCOCCOCc1cn(CC2O[C@H](OP(=O)(O)OP(=O)(O)OC[C@H]3O[C@@H](n4cnc5c(=O)[nH]c(N)nc54)C(O)C3O)C(O)C(O)[C@@H]2O)nn1. The third kappa shape index (κ3) is 13.1. The van der Waals surface area contributed by atoms with Gasteiger partial charge in [0.1, 0.15) is 54.2 Å². The molecule has 10 N–H and O–H groups in total. The summed E-state index contributed by atoms with van der Waals surface area (Å²) in [6, 6.07) is 0. The van der Waals surface area contributed by atoms with Crippen molar-refractivity contribution in [2.24, 2.45) is 0 Å². The van der Waals surface area contributed by atoms with Gasteiger partial charge in [-0.05, 0) is 6.92 Å². The summed E-state index contributed by atoms with van der Waals surface area (Å²) in [4.78, 5) is 53.5. The maximum atomic E-state index is 12.8. The van der Waals surface area contributed by atoms with Crippen molar-refractivity contribution in [1.82, 2.24) is 34.5 Å². The van der Waals surface area contributed by atoms with Crippen molar-refractivity contribution in [1.29, 1.82) is 0 Å². The Kier molecular flexibility index (Phi) is 16.7. The van der Waals surface area contributed by atoms with E-state index in [1.54, 1.807) is 0 Å².